The Labute approximate surface area is 212 Å². The molecule has 0 N–H and O–H groups in total. The first kappa shape index (κ1) is 24.4. The van der Waals surface area contributed by atoms with Crippen LogP contribution in [0.4, 0.5) is 0 Å². The van der Waals surface area contributed by atoms with Crippen molar-refractivity contribution in [1.29, 1.82) is 0 Å². The molecule has 0 aliphatic carbocycles. The van der Waals surface area contributed by atoms with Crippen LogP contribution in [-0.2, 0) is 45.8 Å². The third-order valence-corrected chi connectivity index (χ3v) is 6.33. The zero-order valence-corrected chi connectivity index (χ0v) is 20.6. The van der Waals surface area contributed by atoms with E-state index in [1.807, 2.05) is 89.5 Å². The summed E-state index contributed by atoms with van der Waals surface area (Å²) in [5, 5.41) is 0. The maximum absolute atomic E-state index is 6.58. The Bertz CT molecular complexity index is 1180. The van der Waals surface area contributed by atoms with Gasteiger partial charge in [0.2, 0.25) is 12.6 Å². The van der Waals surface area contributed by atoms with Crippen molar-refractivity contribution in [2.75, 3.05) is 6.61 Å². The molecule has 0 radical (unpaired) electrons. The second-order valence-corrected chi connectivity index (χ2v) is 9.11. The second kappa shape index (κ2) is 12.1. The predicted molar refractivity (Wildman–Crippen MR) is 136 cm³/mol. The summed E-state index contributed by atoms with van der Waals surface area (Å²) in [5.41, 5.74) is 3.35. The fraction of sp³-hybridized carbons (Fsp3) is 0.300. The van der Waals surface area contributed by atoms with Crippen LogP contribution in [0.2, 0.25) is 0 Å². The van der Waals surface area contributed by atoms with E-state index in [1.165, 1.54) is 0 Å². The number of nitrogens with zero attached hydrogens (tertiary/aromatic N) is 2. The van der Waals surface area contributed by atoms with Crippen molar-refractivity contribution in [2.45, 2.75) is 44.4 Å². The zero-order chi connectivity index (χ0) is 24.6. The molecule has 6 nitrogen and oxygen atoms in total. The highest BCUT2D eigenvalue weighted by Gasteiger charge is 2.49. The third-order valence-electron chi connectivity index (χ3n) is 6.33. The second-order valence-electron chi connectivity index (χ2n) is 9.11. The molecule has 36 heavy (non-hydrogen) atoms. The van der Waals surface area contributed by atoms with Crippen molar-refractivity contribution in [1.82, 2.24) is 4.57 Å². The quantitative estimate of drug-likeness (QED) is 0.292. The van der Waals surface area contributed by atoms with Crippen LogP contribution in [0.1, 0.15) is 22.9 Å². The van der Waals surface area contributed by atoms with E-state index in [2.05, 4.69) is 36.4 Å². The highest BCUT2D eigenvalue weighted by molar-refractivity contribution is 5.15. The van der Waals surface area contributed by atoms with Gasteiger partial charge in [-0.25, -0.2) is 9.13 Å². The molecule has 2 heterocycles. The molecule has 1 saturated heterocycles. The third kappa shape index (κ3) is 6.28. The van der Waals surface area contributed by atoms with E-state index in [4.69, 9.17) is 18.9 Å². The average molecular weight is 486 g/mol. The summed E-state index contributed by atoms with van der Waals surface area (Å²) in [7, 11) is 2.00. The molecule has 0 saturated carbocycles. The fourth-order valence-corrected chi connectivity index (χ4v) is 4.48. The van der Waals surface area contributed by atoms with Gasteiger partial charge in [0.25, 0.3) is 0 Å². The number of imidazole rings is 1. The van der Waals surface area contributed by atoms with Gasteiger partial charge in [0.05, 0.1) is 33.5 Å². The van der Waals surface area contributed by atoms with E-state index >= 15 is 0 Å². The molecular weight excluding hydrogens is 452 g/mol. The van der Waals surface area contributed by atoms with Crippen molar-refractivity contribution >= 4 is 0 Å². The predicted octanol–water partition coefficient (Wildman–Crippen LogP) is 4.60. The highest BCUT2D eigenvalue weighted by Crippen LogP contribution is 2.35. The topological polar surface area (TPSA) is 45.7 Å². The van der Waals surface area contributed by atoms with Crippen LogP contribution in [0.3, 0.4) is 0 Å². The Kier molecular flexibility index (Phi) is 8.20. The SMILES string of the molecule is C[n+]1ccn([C@H]2O[C@H](COCc3ccccc3)[C@H](OCc3ccccc3)[C@H]2OCc2ccccc2)c1. The van der Waals surface area contributed by atoms with Crippen LogP contribution in [0, 0.1) is 0 Å². The molecule has 3 aromatic carbocycles. The number of rotatable bonds is 11. The lowest BCUT2D eigenvalue weighted by Crippen LogP contribution is -2.38. The lowest BCUT2D eigenvalue weighted by atomic mass is 10.1. The van der Waals surface area contributed by atoms with Gasteiger partial charge >= 0.3 is 0 Å². The molecule has 0 spiro atoms. The van der Waals surface area contributed by atoms with E-state index < -0.39 is 0 Å². The van der Waals surface area contributed by atoms with Gasteiger partial charge in [0.1, 0.15) is 24.6 Å². The molecule has 4 aromatic rings. The molecule has 186 valence electrons. The molecule has 1 fully saturated rings. The lowest BCUT2D eigenvalue weighted by molar-refractivity contribution is -0.671. The zero-order valence-electron chi connectivity index (χ0n) is 20.6. The van der Waals surface area contributed by atoms with E-state index in [0.29, 0.717) is 26.4 Å². The molecule has 1 aliphatic rings. The summed E-state index contributed by atoms with van der Waals surface area (Å²) in [6.45, 7) is 1.87. The van der Waals surface area contributed by atoms with Gasteiger partial charge in [-0.15, -0.1) is 0 Å². The average Bonchev–Trinajstić information content (AvgIpc) is 3.51. The lowest BCUT2D eigenvalue weighted by Gasteiger charge is -2.24. The van der Waals surface area contributed by atoms with Crippen LogP contribution in [0.15, 0.2) is 110 Å². The van der Waals surface area contributed by atoms with Crippen LogP contribution < -0.4 is 4.57 Å². The molecule has 0 bridgehead atoms. The largest absolute Gasteiger partial charge is 0.374 e. The van der Waals surface area contributed by atoms with Crippen molar-refractivity contribution < 1.29 is 23.5 Å². The van der Waals surface area contributed by atoms with Gasteiger partial charge in [-0.1, -0.05) is 91.0 Å². The van der Waals surface area contributed by atoms with Gasteiger partial charge < -0.3 is 18.9 Å². The Balaban J connectivity index is 1.35. The minimum atomic E-state index is -0.332. The first-order chi connectivity index (χ1) is 17.8. The van der Waals surface area contributed by atoms with E-state index in [9.17, 15) is 0 Å². The number of benzene rings is 3. The van der Waals surface area contributed by atoms with E-state index in [0.717, 1.165) is 16.7 Å². The molecule has 1 aliphatic heterocycles. The van der Waals surface area contributed by atoms with Gasteiger partial charge in [-0.3, -0.25) is 0 Å². The van der Waals surface area contributed by atoms with E-state index in [-0.39, 0.29) is 24.5 Å². The first-order valence-corrected chi connectivity index (χ1v) is 12.4. The number of aryl methyl sites for hydroxylation is 1. The van der Waals surface area contributed by atoms with Gasteiger partial charge in [0.15, 0.2) is 6.10 Å². The minimum absolute atomic E-state index is 0.282. The summed E-state index contributed by atoms with van der Waals surface area (Å²) in [6.07, 6.45) is 4.78. The normalized spacial score (nSPS) is 21.6. The standard InChI is InChI=1S/C30H33N2O4/c1-31-17-18-32(23-31)30-29(35-21-26-15-9-4-10-16-26)28(34-20-25-13-7-3-8-14-25)27(36-30)22-33-19-24-11-5-2-6-12-24/h2-18,23,27-30H,19-22H2,1H3/q+1/t27-,28+,29-,30+/m1/s1. The van der Waals surface area contributed by atoms with Crippen LogP contribution in [0.25, 0.3) is 0 Å². The summed E-state index contributed by atoms with van der Waals surface area (Å²) >= 11 is 0. The number of aromatic nitrogens is 2. The molecular formula is C30H33N2O4+. The van der Waals surface area contributed by atoms with Gasteiger partial charge in [-0.2, -0.15) is 0 Å². The highest BCUT2D eigenvalue weighted by atomic mass is 16.6. The van der Waals surface area contributed by atoms with Crippen molar-refractivity contribution in [2.24, 2.45) is 7.05 Å². The Morgan fingerprint density at radius 3 is 1.78 bits per heavy atom. The van der Waals surface area contributed by atoms with Gasteiger partial charge in [-0.05, 0) is 16.7 Å². The van der Waals surface area contributed by atoms with Crippen molar-refractivity contribution in [3.63, 3.8) is 0 Å². The Morgan fingerprint density at radius 1 is 0.722 bits per heavy atom. The minimum Gasteiger partial charge on any atom is -0.374 e. The molecule has 1 aromatic heterocycles. The van der Waals surface area contributed by atoms with Crippen LogP contribution in [-0.4, -0.2) is 29.5 Å². The number of hydrogen-bond donors (Lipinski definition) is 0. The molecule has 4 atom stereocenters. The molecule has 0 amide bonds. The fourth-order valence-electron chi connectivity index (χ4n) is 4.48. The molecule has 5 rings (SSSR count). The Hall–Kier alpha value is -3.29. The maximum Gasteiger partial charge on any atom is 0.245 e. The summed E-state index contributed by atoms with van der Waals surface area (Å²) in [6, 6.07) is 30.6. The van der Waals surface area contributed by atoms with Crippen molar-refractivity contribution in [3.8, 4) is 0 Å². The molecule has 0 unspecified atom stereocenters. The van der Waals surface area contributed by atoms with Crippen LogP contribution in [0.5, 0.6) is 0 Å². The Morgan fingerprint density at radius 2 is 1.25 bits per heavy atom. The first-order valence-electron chi connectivity index (χ1n) is 12.4. The van der Waals surface area contributed by atoms with Crippen LogP contribution >= 0.6 is 0 Å². The smallest absolute Gasteiger partial charge is 0.245 e. The summed E-state index contributed by atoms with van der Waals surface area (Å²) < 4.78 is 29.8. The summed E-state index contributed by atoms with van der Waals surface area (Å²) in [5.74, 6) is 0. The summed E-state index contributed by atoms with van der Waals surface area (Å²) in [4.78, 5) is 0. The molecule has 6 heteroatoms. The number of hydrogen-bond acceptors (Lipinski definition) is 4. The van der Waals surface area contributed by atoms with Gasteiger partial charge in [0, 0.05) is 0 Å². The van der Waals surface area contributed by atoms with E-state index in [1.54, 1.807) is 0 Å². The van der Waals surface area contributed by atoms with Crippen molar-refractivity contribution in [3.05, 3.63) is 126 Å². The maximum atomic E-state index is 6.58. The monoisotopic (exact) mass is 485 g/mol. The number of ether oxygens (including phenoxy) is 4.